The van der Waals surface area contributed by atoms with E-state index >= 15 is 0 Å². The van der Waals surface area contributed by atoms with Gasteiger partial charge in [0.05, 0.1) is 14.9 Å². The summed E-state index contributed by atoms with van der Waals surface area (Å²) in [5.41, 5.74) is 0.365. The molecule has 1 heterocycles. The maximum absolute atomic E-state index is 13.7. The Labute approximate surface area is 105 Å². The van der Waals surface area contributed by atoms with E-state index in [1.165, 1.54) is 12.1 Å². The maximum Gasteiger partial charge on any atom is 0.152 e. The average molecular weight is 308 g/mol. The Balaban J connectivity index is 2.70. The zero-order chi connectivity index (χ0) is 11.9. The van der Waals surface area contributed by atoms with Crippen molar-refractivity contribution >= 4 is 38.5 Å². The quantitative estimate of drug-likeness (QED) is 0.833. The molecule has 2 aromatic rings. The summed E-state index contributed by atoms with van der Waals surface area (Å²) in [4.78, 5) is 0. The van der Waals surface area contributed by atoms with Crippen molar-refractivity contribution < 1.29 is 13.9 Å². The molecule has 5 heteroatoms. The number of hydrogen-bond donors (Lipinski definition) is 1. The fourth-order valence-electron chi connectivity index (χ4n) is 1.48. The van der Waals surface area contributed by atoms with Crippen molar-refractivity contribution in [2.45, 2.75) is 19.4 Å². The van der Waals surface area contributed by atoms with Crippen LogP contribution in [0.2, 0.25) is 5.02 Å². The second-order valence-electron chi connectivity index (χ2n) is 3.47. The first-order valence-electron chi connectivity index (χ1n) is 4.79. The third kappa shape index (κ3) is 1.85. The molecule has 0 aliphatic heterocycles. The fourth-order valence-corrected chi connectivity index (χ4v) is 2.35. The molecule has 0 aliphatic rings. The predicted molar refractivity (Wildman–Crippen MR) is 64.1 cm³/mol. The van der Waals surface area contributed by atoms with Gasteiger partial charge in [0.1, 0.15) is 11.9 Å². The van der Waals surface area contributed by atoms with Gasteiger partial charge in [-0.2, -0.15) is 0 Å². The summed E-state index contributed by atoms with van der Waals surface area (Å²) in [6.07, 6.45) is -0.218. The first-order chi connectivity index (χ1) is 7.54. The molecule has 1 aromatic carbocycles. The average Bonchev–Trinajstić information content (AvgIpc) is 2.70. The summed E-state index contributed by atoms with van der Waals surface area (Å²) in [6, 6.07) is 2.92. The lowest BCUT2D eigenvalue weighted by atomic mass is 10.2. The van der Waals surface area contributed by atoms with Gasteiger partial charge in [-0.05, 0) is 34.5 Å². The van der Waals surface area contributed by atoms with Crippen molar-refractivity contribution in [3.8, 4) is 0 Å². The smallest absolute Gasteiger partial charge is 0.152 e. The molecule has 2 nitrogen and oxygen atoms in total. The highest BCUT2D eigenvalue weighted by Crippen LogP contribution is 2.35. The van der Waals surface area contributed by atoms with Gasteiger partial charge in [0, 0.05) is 0 Å². The highest BCUT2D eigenvalue weighted by molar-refractivity contribution is 9.10. The molecule has 1 aromatic heterocycles. The number of halogens is 3. The minimum absolute atomic E-state index is 0.0257. The van der Waals surface area contributed by atoms with E-state index in [1.54, 1.807) is 0 Å². The zero-order valence-electron chi connectivity index (χ0n) is 8.43. The van der Waals surface area contributed by atoms with Crippen LogP contribution in [0.3, 0.4) is 0 Å². The van der Waals surface area contributed by atoms with Crippen LogP contribution in [0.4, 0.5) is 4.39 Å². The summed E-state index contributed by atoms with van der Waals surface area (Å²) in [6.45, 7) is 1.82. The van der Waals surface area contributed by atoms with Crippen LogP contribution in [-0.4, -0.2) is 5.11 Å². The summed E-state index contributed by atoms with van der Waals surface area (Å²) in [5.74, 6) is -0.183. The van der Waals surface area contributed by atoms with E-state index < -0.39 is 11.9 Å². The summed E-state index contributed by atoms with van der Waals surface area (Å²) >= 11 is 8.95. The van der Waals surface area contributed by atoms with Crippen LogP contribution in [0, 0.1) is 5.82 Å². The largest absolute Gasteiger partial charge is 0.457 e. The van der Waals surface area contributed by atoms with Crippen molar-refractivity contribution in [2.24, 2.45) is 0 Å². The fraction of sp³-hybridized carbons (Fsp3) is 0.273. The van der Waals surface area contributed by atoms with Crippen molar-refractivity contribution in [3.05, 3.63) is 33.2 Å². The van der Waals surface area contributed by atoms with E-state index in [4.69, 9.17) is 16.0 Å². The molecule has 0 radical (unpaired) electrons. The molecule has 1 N–H and O–H groups in total. The van der Waals surface area contributed by atoms with Gasteiger partial charge in [0.2, 0.25) is 0 Å². The van der Waals surface area contributed by atoms with E-state index in [9.17, 15) is 9.50 Å². The lowest BCUT2D eigenvalue weighted by molar-refractivity contribution is 0.148. The van der Waals surface area contributed by atoms with Crippen LogP contribution in [0.1, 0.15) is 25.2 Å². The number of fused-ring (bicyclic) bond motifs is 1. The van der Waals surface area contributed by atoms with Crippen molar-refractivity contribution in [2.75, 3.05) is 0 Å². The number of hydrogen-bond acceptors (Lipinski definition) is 2. The van der Waals surface area contributed by atoms with Crippen LogP contribution in [0.25, 0.3) is 11.0 Å². The number of benzene rings is 1. The molecule has 16 heavy (non-hydrogen) atoms. The summed E-state index contributed by atoms with van der Waals surface area (Å²) in [5, 5.41) is 9.92. The number of aliphatic hydroxyl groups excluding tert-OH is 1. The number of rotatable bonds is 2. The molecular formula is C11H9BrClFO2. The molecule has 0 bridgehead atoms. The Morgan fingerprint density at radius 2 is 2.25 bits per heavy atom. The molecule has 0 fully saturated rings. The third-order valence-electron chi connectivity index (χ3n) is 2.38. The molecule has 0 aliphatic carbocycles. The maximum atomic E-state index is 13.7. The van der Waals surface area contributed by atoms with Gasteiger partial charge in [0.25, 0.3) is 0 Å². The molecule has 0 amide bonds. The topological polar surface area (TPSA) is 33.4 Å². The van der Waals surface area contributed by atoms with Crippen LogP contribution in [0.15, 0.2) is 21.0 Å². The minimum atomic E-state index is -0.725. The van der Waals surface area contributed by atoms with Gasteiger partial charge in [-0.15, -0.1) is 0 Å². The van der Waals surface area contributed by atoms with E-state index in [0.29, 0.717) is 22.2 Å². The molecule has 2 rings (SSSR count). The van der Waals surface area contributed by atoms with Gasteiger partial charge in [-0.25, -0.2) is 4.39 Å². The van der Waals surface area contributed by atoms with E-state index in [2.05, 4.69) is 15.9 Å². The van der Waals surface area contributed by atoms with Crippen LogP contribution in [0.5, 0.6) is 0 Å². The van der Waals surface area contributed by atoms with Crippen molar-refractivity contribution in [3.63, 3.8) is 0 Å². The second-order valence-corrected chi connectivity index (χ2v) is 4.73. The van der Waals surface area contributed by atoms with Gasteiger partial charge in [-0.3, -0.25) is 0 Å². The van der Waals surface area contributed by atoms with Gasteiger partial charge >= 0.3 is 0 Å². The minimum Gasteiger partial charge on any atom is -0.457 e. The number of aliphatic hydroxyl groups is 1. The first kappa shape index (κ1) is 11.9. The van der Waals surface area contributed by atoms with Crippen LogP contribution < -0.4 is 0 Å². The monoisotopic (exact) mass is 306 g/mol. The molecular weight excluding hydrogens is 298 g/mol. The van der Waals surface area contributed by atoms with Gasteiger partial charge < -0.3 is 9.52 Å². The first-order valence-corrected chi connectivity index (χ1v) is 5.96. The SMILES string of the molecule is CCC(O)c1cc2c(F)c(Cl)cc(Br)c2o1. The second kappa shape index (κ2) is 4.35. The third-order valence-corrected chi connectivity index (χ3v) is 3.25. The van der Waals surface area contributed by atoms with Crippen molar-refractivity contribution in [1.29, 1.82) is 0 Å². The normalized spacial score (nSPS) is 13.3. The molecule has 0 spiro atoms. The van der Waals surface area contributed by atoms with E-state index in [-0.39, 0.29) is 10.4 Å². The highest BCUT2D eigenvalue weighted by atomic mass is 79.9. The van der Waals surface area contributed by atoms with Crippen LogP contribution >= 0.6 is 27.5 Å². The standard InChI is InChI=1S/C11H9BrClFO2/c1-2-8(15)9-3-5-10(14)7(13)4-6(12)11(5)16-9/h3-4,8,15H,2H2,1H3. The Hall–Kier alpha value is -0.580. The summed E-state index contributed by atoms with van der Waals surface area (Å²) in [7, 11) is 0. The predicted octanol–water partition coefficient (Wildman–Crippen LogP) is 4.43. The molecule has 0 saturated heterocycles. The molecule has 1 unspecified atom stereocenters. The van der Waals surface area contributed by atoms with Gasteiger partial charge in [0.15, 0.2) is 11.4 Å². The zero-order valence-corrected chi connectivity index (χ0v) is 10.8. The van der Waals surface area contributed by atoms with Gasteiger partial charge in [-0.1, -0.05) is 18.5 Å². The lowest BCUT2D eigenvalue weighted by Crippen LogP contribution is -1.91. The number of furan rings is 1. The van der Waals surface area contributed by atoms with E-state index in [0.717, 1.165) is 0 Å². The molecule has 0 saturated carbocycles. The molecule has 1 atom stereocenters. The Kier molecular flexibility index (Phi) is 3.24. The Morgan fingerprint density at radius 1 is 1.56 bits per heavy atom. The lowest BCUT2D eigenvalue weighted by Gasteiger charge is -2.01. The Morgan fingerprint density at radius 3 is 2.88 bits per heavy atom. The molecule has 86 valence electrons. The van der Waals surface area contributed by atoms with E-state index in [1.807, 2.05) is 6.92 Å². The van der Waals surface area contributed by atoms with Crippen molar-refractivity contribution in [1.82, 2.24) is 0 Å². The Bertz CT molecular complexity index is 538. The highest BCUT2D eigenvalue weighted by Gasteiger charge is 2.17. The van der Waals surface area contributed by atoms with Crippen LogP contribution in [-0.2, 0) is 0 Å². The summed E-state index contributed by atoms with van der Waals surface area (Å²) < 4.78 is 19.6.